The Morgan fingerprint density at radius 3 is 2.80 bits per heavy atom. The Hall–Kier alpha value is -1.13. The number of likely N-dealkylation sites (tertiary alicyclic amines) is 1. The fourth-order valence-corrected chi connectivity index (χ4v) is 2.84. The zero-order valence-corrected chi connectivity index (χ0v) is 12.8. The van der Waals surface area contributed by atoms with Crippen LogP contribution in [0.5, 0.6) is 5.75 Å². The Morgan fingerprint density at radius 1 is 1.45 bits per heavy atom. The molecule has 0 aliphatic carbocycles. The molecule has 4 heteroatoms. The molecule has 0 saturated carbocycles. The van der Waals surface area contributed by atoms with E-state index in [1.165, 1.54) is 7.11 Å². The summed E-state index contributed by atoms with van der Waals surface area (Å²) in [6, 6.07) is 6.44. The first-order valence-electron chi connectivity index (χ1n) is 7.31. The molecule has 2 rings (SSSR count). The van der Waals surface area contributed by atoms with Gasteiger partial charge in [0.1, 0.15) is 0 Å². The lowest BCUT2D eigenvalue weighted by molar-refractivity contribution is 0.163. The molecule has 1 fully saturated rings. The Kier molecular flexibility index (Phi) is 5.00. The molecule has 0 bridgehead atoms. The minimum Gasteiger partial charge on any atom is -0.494 e. The summed E-state index contributed by atoms with van der Waals surface area (Å²) in [7, 11) is 3.66. The van der Waals surface area contributed by atoms with Gasteiger partial charge in [-0.05, 0) is 58.0 Å². The first-order valence-corrected chi connectivity index (χ1v) is 7.31. The van der Waals surface area contributed by atoms with Gasteiger partial charge in [-0.3, -0.25) is 0 Å². The second-order valence-corrected chi connectivity index (χ2v) is 5.83. The van der Waals surface area contributed by atoms with Crippen LogP contribution in [-0.4, -0.2) is 37.7 Å². The predicted molar refractivity (Wildman–Crippen MR) is 79.6 cm³/mol. The van der Waals surface area contributed by atoms with Crippen molar-refractivity contribution >= 4 is 0 Å². The van der Waals surface area contributed by atoms with E-state index in [2.05, 4.69) is 31.1 Å². The van der Waals surface area contributed by atoms with Crippen molar-refractivity contribution in [2.75, 3.05) is 20.7 Å². The predicted octanol–water partition coefficient (Wildman–Crippen LogP) is 2.97. The highest BCUT2D eigenvalue weighted by atomic mass is 19.1. The van der Waals surface area contributed by atoms with Crippen LogP contribution in [0.2, 0.25) is 0 Å². The number of benzene rings is 1. The van der Waals surface area contributed by atoms with E-state index in [0.29, 0.717) is 17.8 Å². The minimum absolute atomic E-state index is 0.149. The van der Waals surface area contributed by atoms with Gasteiger partial charge in [-0.25, -0.2) is 4.39 Å². The van der Waals surface area contributed by atoms with Crippen LogP contribution in [0.1, 0.15) is 38.3 Å². The summed E-state index contributed by atoms with van der Waals surface area (Å²) in [5.41, 5.74) is 0.967. The molecular formula is C16H25FN2O. The Morgan fingerprint density at radius 2 is 2.20 bits per heavy atom. The molecule has 1 N–H and O–H groups in total. The highest BCUT2D eigenvalue weighted by molar-refractivity contribution is 5.30. The van der Waals surface area contributed by atoms with Gasteiger partial charge in [-0.15, -0.1) is 0 Å². The number of hydrogen-bond donors (Lipinski definition) is 1. The van der Waals surface area contributed by atoms with Crippen molar-refractivity contribution in [2.45, 2.75) is 44.8 Å². The fraction of sp³-hybridized carbons (Fsp3) is 0.625. The summed E-state index contributed by atoms with van der Waals surface area (Å²) in [4.78, 5) is 2.38. The first kappa shape index (κ1) is 15.3. The lowest BCUT2D eigenvalue weighted by Gasteiger charge is -2.36. The van der Waals surface area contributed by atoms with Crippen molar-refractivity contribution < 1.29 is 9.13 Å². The second kappa shape index (κ2) is 6.55. The molecule has 3 atom stereocenters. The number of piperidine rings is 1. The van der Waals surface area contributed by atoms with E-state index in [1.807, 2.05) is 6.07 Å². The van der Waals surface area contributed by atoms with Crippen molar-refractivity contribution in [1.29, 1.82) is 0 Å². The molecule has 1 aliphatic heterocycles. The number of ether oxygens (including phenoxy) is 1. The van der Waals surface area contributed by atoms with E-state index < -0.39 is 0 Å². The molecule has 1 aromatic rings. The molecule has 3 unspecified atom stereocenters. The molecule has 1 heterocycles. The van der Waals surface area contributed by atoms with Crippen LogP contribution >= 0.6 is 0 Å². The van der Waals surface area contributed by atoms with Gasteiger partial charge in [0.25, 0.3) is 0 Å². The maximum absolute atomic E-state index is 13.7. The van der Waals surface area contributed by atoms with Gasteiger partial charge in [0.2, 0.25) is 0 Å². The van der Waals surface area contributed by atoms with E-state index in [0.717, 1.165) is 24.9 Å². The van der Waals surface area contributed by atoms with Crippen LogP contribution < -0.4 is 10.1 Å². The van der Waals surface area contributed by atoms with Crippen LogP contribution in [0.15, 0.2) is 18.2 Å². The maximum Gasteiger partial charge on any atom is 0.165 e. The smallest absolute Gasteiger partial charge is 0.165 e. The Labute approximate surface area is 121 Å². The third-order valence-electron chi connectivity index (χ3n) is 4.37. The maximum atomic E-state index is 13.7. The molecule has 1 aromatic carbocycles. The Balaban J connectivity index is 1.98. The van der Waals surface area contributed by atoms with E-state index in [9.17, 15) is 4.39 Å². The molecular weight excluding hydrogens is 255 g/mol. The quantitative estimate of drug-likeness (QED) is 0.917. The molecule has 112 valence electrons. The zero-order valence-electron chi connectivity index (χ0n) is 12.8. The van der Waals surface area contributed by atoms with E-state index in [-0.39, 0.29) is 11.9 Å². The molecule has 3 nitrogen and oxygen atoms in total. The average Bonchev–Trinajstić information content (AvgIpc) is 2.42. The highest BCUT2D eigenvalue weighted by Crippen LogP contribution is 2.24. The number of halogens is 1. The lowest BCUT2D eigenvalue weighted by atomic mass is 9.97. The van der Waals surface area contributed by atoms with Gasteiger partial charge >= 0.3 is 0 Å². The van der Waals surface area contributed by atoms with E-state index in [1.54, 1.807) is 12.1 Å². The van der Waals surface area contributed by atoms with E-state index >= 15 is 0 Å². The van der Waals surface area contributed by atoms with Gasteiger partial charge in [-0.1, -0.05) is 6.07 Å². The SMILES string of the molecule is COc1ccc(C(C)NC2CCN(C)C(C)C2)cc1F. The van der Waals surface area contributed by atoms with Crippen molar-refractivity contribution in [3.05, 3.63) is 29.6 Å². The van der Waals surface area contributed by atoms with Gasteiger partial charge in [0.05, 0.1) is 7.11 Å². The third-order valence-corrected chi connectivity index (χ3v) is 4.37. The standard InChI is InChI=1S/C16H25FN2O/c1-11-9-14(7-8-19(11)3)18-12(2)13-5-6-16(20-4)15(17)10-13/h5-6,10-12,14,18H,7-9H2,1-4H3. The van der Waals surface area contributed by atoms with Crippen LogP contribution in [-0.2, 0) is 0 Å². The summed E-state index contributed by atoms with van der Waals surface area (Å²) in [5.74, 6) is 0.00394. The molecule has 20 heavy (non-hydrogen) atoms. The van der Waals surface area contributed by atoms with Crippen molar-refractivity contribution in [2.24, 2.45) is 0 Å². The van der Waals surface area contributed by atoms with E-state index in [4.69, 9.17) is 4.74 Å². The first-order chi connectivity index (χ1) is 9.51. The van der Waals surface area contributed by atoms with Crippen molar-refractivity contribution in [3.8, 4) is 5.75 Å². The molecule has 1 aliphatic rings. The summed E-state index contributed by atoms with van der Waals surface area (Å²) < 4.78 is 18.7. The normalized spacial score (nSPS) is 25.4. The number of methoxy groups -OCH3 is 1. The number of rotatable bonds is 4. The van der Waals surface area contributed by atoms with Gasteiger partial charge in [0, 0.05) is 18.1 Å². The number of nitrogens with one attached hydrogen (secondary N) is 1. The summed E-state index contributed by atoms with van der Waals surface area (Å²) >= 11 is 0. The van der Waals surface area contributed by atoms with Crippen LogP contribution in [0, 0.1) is 5.82 Å². The van der Waals surface area contributed by atoms with Crippen LogP contribution in [0.25, 0.3) is 0 Å². The minimum atomic E-state index is -0.296. The molecule has 0 amide bonds. The highest BCUT2D eigenvalue weighted by Gasteiger charge is 2.24. The van der Waals surface area contributed by atoms with Crippen molar-refractivity contribution in [1.82, 2.24) is 10.2 Å². The van der Waals surface area contributed by atoms with Crippen LogP contribution in [0.3, 0.4) is 0 Å². The summed E-state index contributed by atoms with van der Waals surface area (Å²) in [6.45, 7) is 5.46. The van der Waals surface area contributed by atoms with Crippen LogP contribution in [0.4, 0.5) is 4.39 Å². The number of hydrogen-bond acceptors (Lipinski definition) is 3. The zero-order chi connectivity index (χ0) is 14.7. The molecule has 0 aromatic heterocycles. The van der Waals surface area contributed by atoms with Gasteiger partial charge in [-0.2, -0.15) is 0 Å². The molecule has 0 radical (unpaired) electrons. The van der Waals surface area contributed by atoms with Gasteiger partial charge < -0.3 is 15.0 Å². The molecule has 0 spiro atoms. The second-order valence-electron chi connectivity index (χ2n) is 5.83. The van der Waals surface area contributed by atoms with Crippen molar-refractivity contribution in [3.63, 3.8) is 0 Å². The monoisotopic (exact) mass is 280 g/mol. The summed E-state index contributed by atoms with van der Waals surface area (Å²) in [5, 5.41) is 3.62. The summed E-state index contributed by atoms with van der Waals surface area (Å²) in [6.07, 6.45) is 2.28. The molecule has 1 saturated heterocycles. The lowest BCUT2D eigenvalue weighted by Crippen LogP contribution is -2.46. The largest absolute Gasteiger partial charge is 0.494 e. The number of nitrogens with zero attached hydrogens (tertiary/aromatic N) is 1. The fourth-order valence-electron chi connectivity index (χ4n) is 2.84. The Bertz CT molecular complexity index is 452. The van der Waals surface area contributed by atoms with Gasteiger partial charge in [0.15, 0.2) is 11.6 Å². The average molecular weight is 280 g/mol. The third kappa shape index (κ3) is 3.49. The topological polar surface area (TPSA) is 24.5 Å².